The molecule has 1 aliphatic rings. The van der Waals surface area contributed by atoms with Crippen molar-refractivity contribution < 1.29 is 14.3 Å². The number of aromatic nitrogens is 2. The zero-order valence-electron chi connectivity index (χ0n) is 19.0. The molecule has 0 spiro atoms. The number of ether oxygens (including phenoxy) is 1. The summed E-state index contributed by atoms with van der Waals surface area (Å²) >= 11 is 0. The molecule has 3 amide bonds. The van der Waals surface area contributed by atoms with Crippen LogP contribution >= 0.6 is 0 Å². The molecular weight excluding hydrogens is 418 g/mol. The van der Waals surface area contributed by atoms with Crippen LogP contribution in [0.4, 0.5) is 16.3 Å². The van der Waals surface area contributed by atoms with Crippen molar-refractivity contribution in [2.75, 3.05) is 30.8 Å². The van der Waals surface area contributed by atoms with Gasteiger partial charge in [0.15, 0.2) is 0 Å². The summed E-state index contributed by atoms with van der Waals surface area (Å²) in [6.07, 6.45) is 4.07. The highest BCUT2D eigenvalue weighted by molar-refractivity contribution is 6.03. The van der Waals surface area contributed by atoms with E-state index in [1.54, 1.807) is 43.6 Å². The highest BCUT2D eigenvalue weighted by atomic mass is 16.5. The molecule has 1 fully saturated rings. The Morgan fingerprint density at radius 1 is 1.03 bits per heavy atom. The number of urea groups is 1. The van der Waals surface area contributed by atoms with E-state index in [2.05, 4.69) is 22.7 Å². The lowest BCUT2D eigenvalue weighted by atomic mass is 10.1. The summed E-state index contributed by atoms with van der Waals surface area (Å²) in [7, 11) is 1.59. The van der Waals surface area contributed by atoms with Crippen LogP contribution in [-0.2, 0) is 6.42 Å². The maximum absolute atomic E-state index is 12.8. The third kappa shape index (κ3) is 5.16. The second-order valence-electron chi connectivity index (χ2n) is 8.00. The van der Waals surface area contributed by atoms with E-state index in [0.29, 0.717) is 30.2 Å². The maximum Gasteiger partial charge on any atom is 0.321 e. The zero-order chi connectivity index (χ0) is 23.2. The minimum atomic E-state index is -0.203. The molecule has 0 atom stereocenters. The van der Waals surface area contributed by atoms with Crippen LogP contribution in [0.3, 0.4) is 0 Å². The van der Waals surface area contributed by atoms with E-state index in [4.69, 9.17) is 4.74 Å². The van der Waals surface area contributed by atoms with Gasteiger partial charge in [-0.25, -0.2) is 9.48 Å². The summed E-state index contributed by atoms with van der Waals surface area (Å²) in [6, 6.07) is 16.7. The van der Waals surface area contributed by atoms with Gasteiger partial charge in [0.25, 0.3) is 5.91 Å². The van der Waals surface area contributed by atoms with Gasteiger partial charge in [-0.05, 0) is 55.2 Å². The maximum atomic E-state index is 12.8. The number of aryl methyl sites for hydroxylation is 1. The average Bonchev–Trinajstić information content (AvgIpc) is 3.32. The van der Waals surface area contributed by atoms with Crippen molar-refractivity contribution in [1.82, 2.24) is 14.7 Å². The van der Waals surface area contributed by atoms with Gasteiger partial charge >= 0.3 is 6.03 Å². The van der Waals surface area contributed by atoms with Gasteiger partial charge in [0.05, 0.1) is 19.3 Å². The van der Waals surface area contributed by atoms with Gasteiger partial charge in [0.2, 0.25) is 0 Å². The molecule has 2 aromatic carbocycles. The van der Waals surface area contributed by atoms with Crippen molar-refractivity contribution in [2.45, 2.75) is 32.2 Å². The van der Waals surface area contributed by atoms with E-state index in [0.717, 1.165) is 30.5 Å². The number of para-hydroxylation sites is 1. The van der Waals surface area contributed by atoms with E-state index in [1.807, 2.05) is 33.8 Å². The number of carbonyl (C=O) groups excluding carboxylic acids is 2. The molecule has 4 rings (SSSR count). The van der Waals surface area contributed by atoms with Gasteiger partial charge < -0.3 is 20.3 Å². The second kappa shape index (κ2) is 10.2. The Hall–Kier alpha value is -3.81. The van der Waals surface area contributed by atoms with Gasteiger partial charge in [-0.2, -0.15) is 5.10 Å². The first kappa shape index (κ1) is 22.4. The lowest BCUT2D eigenvalue weighted by molar-refractivity contribution is 0.102. The number of benzene rings is 2. The number of piperidine rings is 1. The monoisotopic (exact) mass is 447 g/mol. The predicted octanol–water partition coefficient (Wildman–Crippen LogP) is 4.58. The molecule has 8 nitrogen and oxygen atoms in total. The van der Waals surface area contributed by atoms with Crippen molar-refractivity contribution in [1.29, 1.82) is 0 Å². The van der Waals surface area contributed by atoms with Crippen LogP contribution in [0.25, 0.3) is 0 Å². The zero-order valence-corrected chi connectivity index (χ0v) is 19.0. The number of hydrogen-bond donors (Lipinski definition) is 2. The molecule has 0 aliphatic carbocycles. The van der Waals surface area contributed by atoms with Gasteiger partial charge in [-0.15, -0.1) is 0 Å². The fourth-order valence-corrected chi connectivity index (χ4v) is 4.09. The summed E-state index contributed by atoms with van der Waals surface area (Å²) in [5.74, 6) is 1.15. The van der Waals surface area contributed by atoms with Crippen molar-refractivity contribution in [3.63, 3.8) is 0 Å². The minimum Gasteiger partial charge on any atom is -0.497 e. The fourth-order valence-electron chi connectivity index (χ4n) is 4.09. The Morgan fingerprint density at radius 2 is 1.76 bits per heavy atom. The van der Waals surface area contributed by atoms with Crippen LogP contribution in [0, 0.1) is 0 Å². The van der Waals surface area contributed by atoms with Gasteiger partial charge in [0.1, 0.15) is 11.6 Å². The number of anilines is 2. The molecule has 1 saturated heterocycles. The average molecular weight is 448 g/mol. The van der Waals surface area contributed by atoms with Crippen LogP contribution in [0.1, 0.15) is 41.7 Å². The number of nitrogens with zero attached hydrogens (tertiary/aromatic N) is 3. The second-order valence-corrected chi connectivity index (χ2v) is 8.00. The number of hydrogen-bond acceptors (Lipinski definition) is 4. The van der Waals surface area contributed by atoms with E-state index >= 15 is 0 Å². The Bertz CT molecular complexity index is 1100. The molecule has 2 heterocycles. The van der Waals surface area contributed by atoms with Gasteiger partial charge in [-0.1, -0.05) is 25.1 Å². The number of amides is 3. The third-order valence-electron chi connectivity index (χ3n) is 6.00. The smallest absolute Gasteiger partial charge is 0.321 e. The normalized spacial score (nSPS) is 14.1. The van der Waals surface area contributed by atoms with Gasteiger partial charge in [-0.3, -0.25) is 4.79 Å². The first-order valence-electron chi connectivity index (χ1n) is 11.2. The summed E-state index contributed by atoms with van der Waals surface area (Å²) in [5, 5.41) is 10.4. The molecule has 1 aromatic heterocycles. The van der Waals surface area contributed by atoms with Gasteiger partial charge in [0, 0.05) is 30.4 Å². The lowest BCUT2D eigenvalue weighted by Crippen LogP contribution is -2.41. The van der Waals surface area contributed by atoms with Crippen molar-refractivity contribution in [3.05, 3.63) is 71.9 Å². The molecule has 172 valence electrons. The van der Waals surface area contributed by atoms with E-state index in [-0.39, 0.29) is 18.0 Å². The molecule has 8 heteroatoms. The SMILES string of the molecule is CCc1ccccc1NC(=O)N1CCC(n2nccc2NC(=O)c2ccc(OC)cc2)CC1. The van der Waals surface area contributed by atoms with Crippen LogP contribution in [0.5, 0.6) is 5.75 Å². The first-order valence-corrected chi connectivity index (χ1v) is 11.2. The molecule has 1 aliphatic heterocycles. The van der Waals surface area contributed by atoms with Crippen LogP contribution in [0.2, 0.25) is 0 Å². The Labute approximate surface area is 193 Å². The third-order valence-corrected chi connectivity index (χ3v) is 6.00. The topological polar surface area (TPSA) is 88.5 Å². The first-order chi connectivity index (χ1) is 16.1. The highest BCUT2D eigenvalue weighted by Crippen LogP contribution is 2.26. The highest BCUT2D eigenvalue weighted by Gasteiger charge is 2.26. The quantitative estimate of drug-likeness (QED) is 0.579. The van der Waals surface area contributed by atoms with Crippen molar-refractivity contribution in [2.24, 2.45) is 0 Å². The Balaban J connectivity index is 1.35. The standard InChI is InChI=1S/C25H29N5O3/c1-3-18-6-4-5-7-22(18)27-25(32)29-16-13-20(14-17-29)30-23(12-15-26-30)28-24(31)19-8-10-21(33-2)11-9-19/h4-12,15,20H,3,13-14,16-17H2,1-2H3,(H,27,32)(H,28,31). The van der Waals surface area contributed by atoms with E-state index in [1.165, 1.54) is 0 Å². The number of methoxy groups -OCH3 is 1. The Kier molecular flexibility index (Phi) is 6.92. The van der Waals surface area contributed by atoms with Crippen LogP contribution in [0.15, 0.2) is 60.8 Å². The van der Waals surface area contributed by atoms with Crippen molar-refractivity contribution >= 4 is 23.4 Å². The van der Waals surface area contributed by atoms with Crippen LogP contribution < -0.4 is 15.4 Å². The molecule has 0 unspecified atom stereocenters. The molecule has 0 radical (unpaired) electrons. The minimum absolute atomic E-state index is 0.0807. The fraction of sp³-hybridized carbons (Fsp3) is 0.320. The summed E-state index contributed by atoms with van der Waals surface area (Å²) in [5.41, 5.74) is 2.53. The predicted molar refractivity (Wildman–Crippen MR) is 128 cm³/mol. The lowest BCUT2D eigenvalue weighted by Gasteiger charge is -2.33. The summed E-state index contributed by atoms with van der Waals surface area (Å²) < 4.78 is 7.00. The summed E-state index contributed by atoms with van der Waals surface area (Å²) in [4.78, 5) is 27.3. The van der Waals surface area contributed by atoms with Crippen molar-refractivity contribution in [3.8, 4) is 5.75 Å². The van der Waals surface area contributed by atoms with E-state index in [9.17, 15) is 9.59 Å². The molecule has 3 aromatic rings. The number of rotatable bonds is 6. The number of carbonyl (C=O) groups is 2. The molecule has 0 bridgehead atoms. The van der Waals surface area contributed by atoms with Crippen LogP contribution in [-0.4, -0.2) is 46.8 Å². The molecule has 2 N–H and O–H groups in total. The summed E-state index contributed by atoms with van der Waals surface area (Å²) in [6.45, 7) is 3.32. The largest absolute Gasteiger partial charge is 0.497 e. The molecule has 0 saturated carbocycles. The Morgan fingerprint density at radius 3 is 2.45 bits per heavy atom. The van der Waals surface area contributed by atoms with E-state index < -0.39 is 0 Å². The molecule has 33 heavy (non-hydrogen) atoms. The number of nitrogens with one attached hydrogen (secondary N) is 2. The molecular formula is C25H29N5O3. The number of likely N-dealkylation sites (tertiary alicyclic amines) is 1.